The highest BCUT2D eigenvalue weighted by Crippen LogP contribution is 2.40. The maximum atomic E-state index is 13.1. The molecule has 2 aliphatic heterocycles. The number of nitro groups is 1. The molecule has 1 fully saturated rings. The molecule has 0 N–H and O–H groups in total. The van der Waals surface area contributed by atoms with Gasteiger partial charge in [0.25, 0.3) is 5.69 Å². The first-order chi connectivity index (χ1) is 13.5. The molecular formula is C19H20N2O6S. The van der Waals surface area contributed by atoms with Crippen molar-refractivity contribution in [3.63, 3.8) is 0 Å². The predicted molar refractivity (Wildman–Crippen MR) is 101 cm³/mol. The Kier molecular flexibility index (Phi) is 4.94. The molecule has 1 saturated heterocycles. The molecule has 2 aromatic carbocycles. The lowest BCUT2D eigenvalue weighted by Gasteiger charge is -2.25. The lowest BCUT2D eigenvalue weighted by molar-refractivity contribution is -0.384. The third kappa shape index (κ3) is 3.43. The Hall–Kier alpha value is -2.65. The van der Waals surface area contributed by atoms with E-state index < -0.39 is 14.9 Å². The zero-order chi connectivity index (χ0) is 19.7. The quantitative estimate of drug-likeness (QED) is 0.573. The lowest BCUT2D eigenvalue weighted by Crippen LogP contribution is -2.30. The summed E-state index contributed by atoms with van der Waals surface area (Å²) in [6.07, 6.45) is 2.24. The van der Waals surface area contributed by atoms with Gasteiger partial charge in [-0.2, -0.15) is 4.31 Å². The first-order valence-corrected chi connectivity index (χ1v) is 10.6. The number of nitrogens with zero attached hydrogens (tertiary/aromatic N) is 2. The molecule has 9 heteroatoms. The van der Waals surface area contributed by atoms with E-state index in [9.17, 15) is 18.5 Å². The van der Waals surface area contributed by atoms with E-state index in [1.54, 1.807) is 0 Å². The van der Waals surface area contributed by atoms with Gasteiger partial charge in [-0.3, -0.25) is 10.1 Å². The van der Waals surface area contributed by atoms with Crippen LogP contribution in [0.5, 0.6) is 11.5 Å². The Balaban J connectivity index is 1.64. The van der Waals surface area contributed by atoms with Crippen LogP contribution in [0.15, 0.2) is 47.4 Å². The van der Waals surface area contributed by atoms with E-state index >= 15 is 0 Å². The van der Waals surface area contributed by atoms with Crippen LogP contribution in [0, 0.1) is 10.1 Å². The van der Waals surface area contributed by atoms with Gasteiger partial charge in [-0.1, -0.05) is 6.07 Å². The van der Waals surface area contributed by atoms with Crippen molar-refractivity contribution in [1.29, 1.82) is 0 Å². The zero-order valence-electron chi connectivity index (χ0n) is 15.1. The molecule has 1 atom stereocenters. The van der Waals surface area contributed by atoms with Gasteiger partial charge in [-0.25, -0.2) is 8.42 Å². The third-order valence-electron chi connectivity index (χ3n) is 5.01. The van der Waals surface area contributed by atoms with Crippen molar-refractivity contribution in [3.8, 4) is 11.5 Å². The zero-order valence-corrected chi connectivity index (χ0v) is 15.9. The number of rotatable bonds is 4. The fourth-order valence-electron chi connectivity index (χ4n) is 3.62. The van der Waals surface area contributed by atoms with E-state index in [2.05, 4.69) is 0 Å². The van der Waals surface area contributed by atoms with Gasteiger partial charge in [0.05, 0.1) is 29.1 Å². The van der Waals surface area contributed by atoms with E-state index in [0.717, 1.165) is 18.4 Å². The monoisotopic (exact) mass is 404 g/mol. The maximum absolute atomic E-state index is 13.1. The number of non-ortho nitro benzene ring substituents is 1. The number of fused-ring (bicyclic) bond motifs is 1. The van der Waals surface area contributed by atoms with Crippen molar-refractivity contribution in [3.05, 3.63) is 58.1 Å². The maximum Gasteiger partial charge on any atom is 0.269 e. The Bertz CT molecular complexity index is 990. The Labute approximate surface area is 162 Å². The summed E-state index contributed by atoms with van der Waals surface area (Å²) in [6, 6.07) is 10.3. The van der Waals surface area contributed by atoms with E-state index in [0.29, 0.717) is 37.7 Å². The molecule has 0 radical (unpaired) electrons. The van der Waals surface area contributed by atoms with Crippen molar-refractivity contribution in [2.45, 2.75) is 30.2 Å². The van der Waals surface area contributed by atoms with Crippen LogP contribution < -0.4 is 9.47 Å². The van der Waals surface area contributed by atoms with Crippen LogP contribution in [0.2, 0.25) is 0 Å². The molecule has 0 bridgehead atoms. The number of sulfonamides is 1. The van der Waals surface area contributed by atoms with Gasteiger partial charge < -0.3 is 9.47 Å². The molecule has 28 heavy (non-hydrogen) atoms. The van der Waals surface area contributed by atoms with E-state index in [-0.39, 0.29) is 16.6 Å². The van der Waals surface area contributed by atoms with E-state index in [4.69, 9.17) is 9.47 Å². The minimum absolute atomic E-state index is 0.0549. The van der Waals surface area contributed by atoms with Crippen LogP contribution >= 0.6 is 0 Å². The standard InChI is InChI=1S/C19H20N2O6S/c22-21(23)15-5-7-16(8-6-15)28(24,25)20-10-1-3-17(20)14-4-9-18-19(13-14)27-12-2-11-26-18/h4-9,13,17H,1-3,10-12H2/t17-/m1/s1. The molecule has 0 spiro atoms. The van der Waals surface area contributed by atoms with Gasteiger partial charge in [-0.05, 0) is 42.7 Å². The lowest BCUT2D eigenvalue weighted by atomic mass is 10.0. The summed E-state index contributed by atoms with van der Waals surface area (Å²) >= 11 is 0. The number of hydrogen-bond donors (Lipinski definition) is 0. The third-order valence-corrected chi connectivity index (χ3v) is 6.94. The van der Waals surface area contributed by atoms with Crippen molar-refractivity contribution in [2.24, 2.45) is 0 Å². The Morgan fingerprint density at radius 3 is 2.43 bits per heavy atom. The molecule has 0 aromatic heterocycles. The molecule has 2 heterocycles. The molecule has 8 nitrogen and oxygen atoms in total. The van der Waals surface area contributed by atoms with Crippen LogP contribution in [0.1, 0.15) is 30.9 Å². The summed E-state index contributed by atoms with van der Waals surface area (Å²) in [5.41, 5.74) is 0.715. The van der Waals surface area contributed by atoms with Crippen LogP contribution in [0.3, 0.4) is 0 Å². The molecule has 2 aromatic rings. The Morgan fingerprint density at radius 1 is 1.00 bits per heavy atom. The van der Waals surface area contributed by atoms with Gasteiger partial charge in [0.2, 0.25) is 10.0 Å². The second kappa shape index (κ2) is 7.40. The van der Waals surface area contributed by atoms with E-state index in [1.165, 1.54) is 28.6 Å². The fourth-order valence-corrected chi connectivity index (χ4v) is 5.31. The smallest absolute Gasteiger partial charge is 0.269 e. The SMILES string of the molecule is O=[N+]([O-])c1ccc(S(=O)(=O)N2CCC[C@@H]2c2ccc3c(c2)OCCCO3)cc1. The first kappa shape index (κ1) is 18.7. The second-order valence-corrected chi connectivity index (χ2v) is 8.67. The summed E-state index contributed by atoms with van der Waals surface area (Å²) in [6.45, 7) is 1.56. The van der Waals surface area contributed by atoms with Crippen LogP contribution in [-0.2, 0) is 10.0 Å². The first-order valence-electron chi connectivity index (χ1n) is 9.13. The summed E-state index contributed by atoms with van der Waals surface area (Å²) < 4.78 is 39.1. The number of nitro benzene ring substituents is 1. The van der Waals surface area contributed by atoms with Crippen molar-refractivity contribution < 1.29 is 22.8 Å². The van der Waals surface area contributed by atoms with Gasteiger partial charge in [-0.15, -0.1) is 0 Å². The summed E-state index contributed by atoms with van der Waals surface area (Å²) in [5.74, 6) is 1.30. The minimum Gasteiger partial charge on any atom is -0.490 e. The molecule has 0 amide bonds. The molecule has 4 rings (SSSR count). The van der Waals surface area contributed by atoms with Gasteiger partial charge >= 0.3 is 0 Å². The average Bonchev–Trinajstić information content (AvgIpc) is 3.08. The summed E-state index contributed by atoms with van der Waals surface area (Å²) in [4.78, 5) is 10.3. The predicted octanol–water partition coefficient (Wildman–Crippen LogP) is 3.28. The van der Waals surface area contributed by atoms with Crippen LogP contribution in [0.25, 0.3) is 0 Å². The van der Waals surface area contributed by atoms with Gasteiger partial charge in [0.1, 0.15) is 0 Å². The van der Waals surface area contributed by atoms with Crippen molar-refractivity contribution in [2.75, 3.05) is 19.8 Å². The molecule has 2 aliphatic rings. The highest BCUT2D eigenvalue weighted by Gasteiger charge is 2.36. The highest BCUT2D eigenvalue weighted by molar-refractivity contribution is 7.89. The average molecular weight is 404 g/mol. The van der Waals surface area contributed by atoms with Crippen LogP contribution in [-0.4, -0.2) is 37.4 Å². The normalized spacial score (nSPS) is 19.9. The highest BCUT2D eigenvalue weighted by atomic mass is 32.2. The summed E-state index contributed by atoms with van der Waals surface area (Å²) in [7, 11) is -3.77. The molecule has 148 valence electrons. The fraction of sp³-hybridized carbons (Fsp3) is 0.368. The van der Waals surface area contributed by atoms with Crippen molar-refractivity contribution >= 4 is 15.7 Å². The minimum atomic E-state index is -3.77. The van der Waals surface area contributed by atoms with Gasteiger partial charge in [0.15, 0.2) is 11.5 Å². The Morgan fingerprint density at radius 2 is 1.71 bits per heavy atom. The second-order valence-electron chi connectivity index (χ2n) is 6.78. The van der Waals surface area contributed by atoms with Gasteiger partial charge in [0, 0.05) is 25.1 Å². The topological polar surface area (TPSA) is 99.0 Å². The molecule has 0 unspecified atom stereocenters. The molecule has 0 aliphatic carbocycles. The molecular weight excluding hydrogens is 384 g/mol. The van der Waals surface area contributed by atoms with Crippen LogP contribution in [0.4, 0.5) is 5.69 Å². The van der Waals surface area contributed by atoms with Crippen molar-refractivity contribution in [1.82, 2.24) is 4.31 Å². The number of ether oxygens (including phenoxy) is 2. The largest absolute Gasteiger partial charge is 0.490 e. The van der Waals surface area contributed by atoms with E-state index in [1.807, 2.05) is 18.2 Å². The summed E-state index contributed by atoms with van der Waals surface area (Å²) in [5, 5.41) is 10.8. The number of hydrogen-bond acceptors (Lipinski definition) is 6. The number of benzene rings is 2. The molecule has 0 saturated carbocycles.